The molecule has 0 unspecified atom stereocenters. The number of rotatable bonds is 4. The van der Waals surface area contributed by atoms with Crippen LogP contribution in [0.4, 0.5) is 0 Å². The normalized spacial score (nSPS) is 15.7. The first kappa shape index (κ1) is 17.0. The van der Waals surface area contributed by atoms with Gasteiger partial charge >= 0.3 is 0 Å². The standard InChI is InChI=1S/C21H24N2O3/c1-2-3-13-23-19(14-9-5-4-6-10-14)22-20-17(21(23)25)18(24)15-11-7-8-12-16(15)26-20/h7-8,11-12,14H,2-6,9-10,13H2,1H3. The van der Waals surface area contributed by atoms with E-state index in [-0.39, 0.29) is 28.0 Å². The highest BCUT2D eigenvalue weighted by atomic mass is 16.3. The highest BCUT2D eigenvalue weighted by Gasteiger charge is 2.24. The van der Waals surface area contributed by atoms with Crippen LogP contribution in [0, 0.1) is 0 Å². The van der Waals surface area contributed by atoms with Gasteiger partial charge in [-0.3, -0.25) is 14.2 Å². The lowest BCUT2D eigenvalue weighted by Crippen LogP contribution is -2.31. The van der Waals surface area contributed by atoms with E-state index in [9.17, 15) is 9.59 Å². The average molecular weight is 352 g/mol. The molecule has 0 radical (unpaired) electrons. The van der Waals surface area contributed by atoms with E-state index in [0.29, 0.717) is 17.5 Å². The lowest BCUT2D eigenvalue weighted by Gasteiger charge is -2.24. The maximum Gasteiger partial charge on any atom is 0.268 e. The molecule has 1 aliphatic rings. The molecule has 0 atom stereocenters. The molecule has 0 N–H and O–H groups in total. The summed E-state index contributed by atoms with van der Waals surface area (Å²) in [5.41, 5.74) is 0.146. The molecule has 5 heteroatoms. The summed E-state index contributed by atoms with van der Waals surface area (Å²) in [5, 5.41) is 0.519. The van der Waals surface area contributed by atoms with Gasteiger partial charge in [0.2, 0.25) is 11.1 Å². The van der Waals surface area contributed by atoms with Crippen LogP contribution in [0.1, 0.15) is 63.6 Å². The van der Waals surface area contributed by atoms with Crippen molar-refractivity contribution in [3.8, 4) is 0 Å². The van der Waals surface area contributed by atoms with Crippen LogP contribution in [0.5, 0.6) is 0 Å². The van der Waals surface area contributed by atoms with Crippen molar-refractivity contribution in [3.63, 3.8) is 0 Å². The Morgan fingerprint density at radius 2 is 1.92 bits per heavy atom. The fraction of sp³-hybridized carbons (Fsp3) is 0.476. The molecule has 1 saturated carbocycles. The summed E-state index contributed by atoms with van der Waals surface area (Å²) in [6.07, 6.45) is 7.53. The molecule has 0 spiro atoms. The number of hydrogen-bond donors (Lipinski definition) is 0. The lowest BCUT2D eigenvalue weighted by atomic mass is 9.88. The van der Waals surface area contributed by atoms with E-state index in [1.54, 1.807) is 22.8 Å². The second-order valence-corrected chi connectivity index (χ2v) is 7.22. The van der Waals surface area contributed by atoms with E-state index >= 15 is 0 Å². The van der Waals surface area contributed by atoms with Crippen molar-refractivity contribution in [2.45, 2.75) is 64.3 Å². The number of nitrogens with zero attached hydrogens (tertiary/aromatic N) is 2. The first-order valence-corrected chi connectivity index (χ1v) is 9.67. The quantitative estimate of drug-likeness (QED) is 0.655. The molecule has 4 rings (SSSR count). The zero-order chi connectivity index (χ0) is 18.1. The van der Waals surface area contributed by atoms with Gasteiger partial charge in [-0.2, -0.15) is 4.98 Å². The van der Waals surface area contributed by atoms with Crippen molar-refractivity contribution in [1.82, 2.24) is 9.55 Å². The number of fused-ring (bicyclic) bond motifs is 2. The average Bonchev–Trinajstić information content (AvgIpc) is 2.68. The predicted octanol–water partition coefficient (Wildman–Crippen LogP) is 4.35. The highest BCUT2D eigenvalue weighted by Crippen LogP contribution is 2.32. The van der Waals surface area contributed by atoms with Crippen molar-refractivity contribution < 1.29 is 4.42 Å². The minimum absolute atomic E-state index is 0.0827. The third kappa shape index (κ3) is 2.85. The molecule has 2 aromatic heterocycles. The van der Waals surface area contributed by atoms with Gasteiger partial charge in [-0.15, -0.1) is 0 Å². The maximum absolute atomic E-state index is 13.2. The molecular formula is C21H24N2O3. The maximum atomic E-state index is 13.2. The molecule has 0 aliphatic heterocycles. The van der Waals surface area contributed by atoms with E-state index in [4.69, 9.17) is 9.40 Å². The summed E-state index contributed by atoms with van der Waals surface area (Å²) in [6, 6.07) is 7.05. The molecule has 1 aromatic carbocycles. The molecule has 136 valence electrons. The van der Waals surface area contributed by atoms with Crippen LogP contribution in [0.2, 0.25) is 0 Å². The smallest absolute Gasteiger partial charge is 0.268 e. The Morgan fingerprint density at radius 3 is 2.69 bits per heavy atom. The van der Waals surface area contributed by atoms with Crippen LogP contribution in [0.3, 0.4) is 0 Å². The van der Waals surface area contributed by atoms with Gasteiger partial charge in [0.1, 0.15) is 11.4 Å². The van der Waals surface area contributed by atoms with Crippen LogP contribution >= 0.6 is 0 Å². The third-order valence-corrected chi connectivity index (χ3v) is 5.44. The fourth-order valence-corrected chi connectivity index (χ4v) is 4.01. The van der Waals surface area contributed by atoms with E-state index in [1.165, 1.54) is 6.42 Å². The second-order valence-electron chi connectivity index (χ2n) is 7.22. The fourth-order valence-electron chi connectivity index (χ4n) is 4.01. The van der Waals surface area contributed by atoms with Gasteiger partial charge in [-0.1, -0.05) is 44.7 Å². The van der Waals surface area contributed by atoms with Gasteiger partial charge in [0.25, 0.3) is 5.56 Å². The topological polar surface area (TPSA) is 65.1 Å². The monoisotopic (exact) mass is 352 g/mol. The predicted molar refractivity (Wildman–Crippen MR) is 103 cm³/mol. The number of para-hydroxylation sites is 1. The SMILES string of the molecule is CCCCn1c(C2CCCCC2)nc2oc3ccccc3c(=O)c2c1=O. The van der Waals surface area contributed by atoms with Crippen molar-refractivity contribution in [1.29, 1.82) is 0 Å². The first-order valence-electron chi connectivity index (χ1n) is 9.67. The molecule has 0 amide bonds. The van der Waals surface area contributed by atoms with Crippen molar-refractivity contribution >= 4 is 22.1 Å². The van der Waals surface area contributed by atoms with Gasteiger partial charge in [-0.25, -0.2) is 0 Å². The van der Waals surface area contributed by atoms with Gasteiger partial charge in [0.15, 0.2) is 5.39 Å². The number of aromatic nitrogens is 2. The van der Waals surface area contributed by atoms with Crippen molar-refractivity contribution in [2.75, 3.05) is 0 Å². The van der Waals surface area contributed by atoms with Crippen molar-refractivity contribution in [3.05, 3.63) is 50.7 Å². The van der Waals surface area contributed by atoms with Crippen molar-refractivity contribution in [2.24, 2.45) is 0 Å². The van der Waals surface area contributed by atoms with Crippen LogP contribution in [0.25, 0.3) is 22.1 Å². The van der Waals surface area contributed by atoms with Crippen LogP contribution < -0.4 is 11.0 Å². The largest absolute Gasteiger partial charge is 0.437 e. The molecule has 0 saturated heterocycles. The van der Waals surface area contributed by atoms with Gasteiger partial charge in [-0.05, 0) is 31.4 Å². The molecule has 0 bridgehead atoms. The molecule has 1 fully saturated rings. The minimum Gasteiger partial charge on any atom is -0.437 e. The summed E-state index contributed by atoms with van der Waals surface area (Å²) >= 11 is 0. The Labute approximate surface area is 151 Å². The van der Waals surface area contributed by atoms with E-state index in [1.807, 2.05) is 6.07 Å². The Kier molecular flexibility index (Phi) is 4.62. The zero-order valence-electron chi connectivity index (χ0n) is 15.2. The Hall–Kier alpha value is -2.43. The van der Waals surface area contributed by atoms with Gasteiger partial charge in [0.05, 0.1) is 5.39 Å². The molecule has 1 aliphatic carbocycles. The third-order valence-electron chi connectivity index (χ3n) is 5.44. The van der Waals surface area contributed by atoms with Gasteiger partial charge in [0, 0.05) is 12.5 Å². The summed E-state index contributed by atoms with van der Waals surface area (Å²) in [5.74, 6) is 1.07. The van der Waals surface area contributed by atoms with Crippen LogP contribution in [0.15, 0.2) is 38.3 Å². The van der Waals surface area contributed by atoms with E-state index < -0.39 is 0 Å². The van der Waals surface area contributed by atoms with Crippen LogP contribution in [-0.2, 0) is 6.54 Å². The number of unbranched alkanes of at least 4 members (excludes halogenated alkanes) is 1. The summed E-state index contributed by atoms with van der Waals surface area (Å²) in [4.78, 5) is 30.9. The summed E-state index contributed by atoms with van der Waals surface area (Å²) < 4.78 is 7.62. The lowest BCUT2D eigenvalue weighted by molar-refractivity contribution is 0.404. The van der Waals surface area contributed by atoms with E-state index in [0.717, 1.165) is 44.3 Å². The molecular weight excluding hydrogens is 328 g/mol. The molecule has 5 nitrogen and oxygen atoms in total. The number of benzene rings is 1. The minimum atomic E-state index is -0.278. The zero-order valence-corrected chi connectivity index (χ0v) is 15.2. The van der Waals surface area contributed by atoms with Gasteiger partial charge < -0.3 is 4.42 Å². The second kappa shape index (κ2) is 7.06. The Bertz CT molecular complexity index is 1060. The Morgan fingerprint density at radius 1 is 1.15 bits per heavy atom. The highest BCUT2D eigenvalue weighted by molar-refractivity contribution is 5.87. The van der Waals surface area contributed by atoms with Crippen LogP contribution in [-0.4, -0.2) is 9.55 Å². The summed E-state index contributed by atoms with van der Waals surface area (Å²) in [7, 11) is 0. The Balaban J connectivity index is 2.01. The first-order chi connectivity index (χ1) is 12.7. The number of hydrogen-bond acceptors (Lipinski definition) is 4. The molecule has 3 aromatic rings. The summed E-state index contributed by atoms with van der Waals surface area (Å²) in [6.45, 7) is 2.71. The molecule has 26 heavy (non-hydrogen) atoms. The molecule has 2 heterocycles. The van der Waals surface area contributed by atoms with E-state index in [2.05, 4.69) is 6.92 Å².